The van der Waals surface area contributed by atoms with Crippen LogP contribution in [0.25, 0.3) is 10.8 Å². The van der Waals surface area contributed by atoms with Crippen molar-refractivity contribution in [3.05, 3.63) is 77.4 Å². The quantitative estimate of drug-likeness (QED) is 0.230. The van der Waals surface area contributed by atoms with Gasteiger partial charge in [0.1, 0.15) is 18.4 Å². The van der Waals surface area contributed by atoms with E-state index in [-0.39, 0.29) is 6.07 Å². The normalized spacial score (nSPS) is 18.5. The number of carbonyl (C=O) groups excluding carboxylic acids is 2. The van der Waals surface area contributed by atoms with Crippen LogP contribution in [-0.4, -0.2) is 48.1 Å². The van der Waals surface area contributed by atoms with Crippen LogP contribution in [0.5, 0.6) is 5.75 Å². The van der Waals surface area contributed by atoms with Gasteiger partial charge in [-0.25, -0.2) is 8.78 Å². The minimum atomic E-state index is -1.86. The van der Waals surface area contributed by atoms with E-state index in [9.17, 15) is 37.1 Å². The summed E-state index contributed by atoms with van der Waals surface area (Å²) in [7, 11) is 0. The van der Waals surface area contributed by atoms with Crippen molar-refractivity contribution in [2.75, 3.05) is 13.2 Å². The number of aliphatic carboxylic acids is 1. The van der Waals surface area contributed by atoms with Gasteiger partial charge in [0.15, 0.2) is 23.2 Å². The number of carbonyl (C=O) groups is 3. The van der Waals surface area contributed by atoms with Gasteiger partial charge in [-0.2, -0.15) is 8.78 Å². The minimum absolute atomic E-state index is 0.0256. The van der Waals surface area contributed by atoms with Gasteiger partial charge in [0.2, 0.25) is 17.5 Å². The van der Waals surface area contributed by atoms with Crippen LogP contribution in [0.4, 0.5) is 17.6 Å². The molecule has 1 fully saturated rings. The molecule has 4 rings (SSSR count). The summed E-state index contributed by atoms with van der Waals surface area (Å²) < 4.78 is 65.7. The molecule has 3 atom stereocenters. The molecule has 1 aliphatic heterocycles. The Morgan fingerprint density at radius 1 is 1.02 bits per heavy atom. The molecule has 0 saturated carbocycles. The molecule has 41 heavy (non-hydrogen) atoms. The van der Waals surface area contributed by atoms with Crippen LogP contribution in [0.3, 0.4) is 0 Å². The summed E-state index contributed by atoms with van der Waals surface area (Å²) in [6.45, 7) is 0.773. The van der Waals surface area contributed by atoms with Crippen LogP contribution in [0.1, 0.15) is 38.2 Å². The van der Waals surface area contributed by atoms with Crippen molar-refractivity contribution in [3.8, 4) is 5.75 Å². The molecule has 8 nitrogen and oxygen atoms in total. The fourth-order valence-corrected chi connectivity index (χ4v) is 4.83. The van der Waals surface area contributed by atoms with Crippen LogP contribution in [0, 0.1) is 23.3 Å². The van der Waals surface area contributed by atoms with E-state index in [1.807, 2.05) is 42.5 Å². The van der Waals surface area contributed by atoms with Crippen molar-refractivity contribution in [2.45, 2.75) is 50.4 Å². The SMILES string of the molecule is C[C@H](NC1(c2cccc3ccccc23)CCCCO1)C(=O)N[C@@H](CC(=O)O)C(=O)COc1c(F)c(F)cc(F)c1F. The van der Waals surface area contributed by atoms with Crippen LogP contribution in [-0.2, 0) is 24.8 Å². The first-order chi connectivity index (χ1) is 19.5. The van der Waals surface area contributed by atoms with Crippen LogP contribution in [0.15, 0.2) is 48.5 Å². The first kappa shape index (κ1) is 29.9. The molecule has 1 heterocycles. The van der Waals surface area contributed by atoms with Crippen molar-refractivity contribution >= 4 is 28.4 Å². The third-order valence-corrected chi connectivity index (χ3v) is 6.85. The minimum Gasteiger partial charge on any atom is -0.481 e. The fraction of sp³-hybridized carbons (Fsp3) is 0.345. The summed E-state index contributed by atoms with van der Waals surface area (Å²) in [5, 5.41) is 16.7. The second-order valence-corrected chi connectivity index (χ2v) is 9.74. The topological polar surface area (TPSA) is 114 Å². The van der Waals surface area contributed by atoms with Crippen molar-refractivity contribution < 1.29 is 46.5 Å². The molecule has 1 saturated heterocycles. The number of carboxylic acid groups (broad SMARTS) is 1. The highest BCUT2D eigenvalue weighted by atomic mass is 19.2. The van der Waals surface area contributed by atoms with Gasteiger partial charge >= 0.3 is 5.97 Å². The average molecular weight is 577 g/mol. The van der Waals surface area contributed by atoms with Crippen LogP contribution >= 0.6 is 0 Å². The first-order valence-electron chi connectivity index (χ1n) is 12.9. The van der Waals surface area contributed by atoms with Crippen molar-refractivity contribution in [2.24, 2.45) is 0 Å². The van der Waals surface area contributed by atoms with Crippen molar-refractivity contribution in [1.82, 2.24) is 10.6 Å². The fourth-order valence-electron chi connectivity index (χ4n) is 4.83. The smallest absolute Gasteiger partial charge is 0.305 e. The Bertz CT molecular complexity index is 1430. The molecule has 0 bridgehead atoms. The highest BCUT2D eigenvalue weighted by Gasteiger charge is 2.39. The summed E-state index contributed by atoms with van der Waals surface area (Å²) in [4.78, 5) is 37.3. The lowest BCUT2D eigenvalue weighted by Crippen LogP contribution is -2.57. The Morgan fingerprint density at radius 2 is 1.71 bits per heavy atom. The van der Waals surface area contributed by atoms with Gasteiger partial charge in [-0.15, -0.1) is 0 Å². The molecule has 1 amide bonds. The number of nitrogens with one attached hydrogen (secondary N) is 2. The summed E-state index contributed by atoms with van der Waals surface area (Å²) in [6.07, 6.45) is 1.27. The number of hydrogen-bond donors (Lipinski definition) is 3. The number of halogens is 4. The molecule has 0 spiro atoms. The standard InChI is InChI=1S/C29H28F4N2O6/c1-16(35-29(11-4-5-12-41-29)19-10-6-8-17-7-2-3-9-18(17)19)28(39)34-22(14-24(37)38)23(36)15-40-27-25(32)20(30)13-21(31)26(27)33/h2-3,6-10,13,16,22,35H,4-5,11-12,14-15H2,1H3,(H,34,39)(H,37,38)/t16-,22-,29?/m0/s1. The van der Waals surface area contributed by atoms with Gasteiger partial charge in [-0.05, 0) is 37.0 Å². The third-order valence-electron chi connectivity index (χ3n) is 6.85. The van der Waals surface area contributed by atoms with Gasteiger partial charge in [0, 0.05) is 18.2 Å². The number of fused-ring (bicyclic) bond motifs is 1. The van der Waals surface area contributed by atoms with E-state index in [2.05, 4.69) is 15.4 Å². The zero-order valence-corrected chi connectivity index (χ0v) is 22.0. The molecular formula is C29H28F4N2O6. The summed E-state index contributed by atoms with van der Waals surface area (Å²) in [6, 6.07) is 10.7. The number of carboxylic acids is 1. The number of ether oxygens (including phenoxy) is 2. The van der Waals surface area contributed by atoms with Gasteiger partial charge in [0.05, 0.1) is 12.5 Å². The maximum absolute atomic E-state index is 13.9. The lowest BCUT2D eigenvalue weighted by molar-refractivity contribution is -0.142. The molecule has 0 aromatic heterocycles. The van der Waals surface area contributed by atoms with E-state index in [1.54, 1.807) is 0 Å². The Morgan fingerprint density at radius 3 is 2.37 bits per heavy atom. The number of amides is 1. The maximum atomic E-state index is 13.9. The monoisotopic (exact) mass is 576 g/mol. The molecule has 3 aromatic carbocycles. The summed E-state index contributed by atoms with van der Waals surface area (Å²) in [5.41, 5.74) is -0.241. The largest absolute Gasteiger partial charge is 0.481 e. The van der Waals surface area contributed by atoms with E-state index < -0.39 is 77.5 Å². The molecule has 3 N–H and O–H groups in total. The van der Waals surface area contributed by atoms with E-state index in [4.69, 9.17) is 4.74 Å². The molecule has 12 heteroatoms. The highest BCUT2D eigenvalue weighted by molar-refractivity contribution is 5.94. The van der Waals surface area contributed by atoms with E-state index in [1.165, 1.54) is 6.92 Å². The van der Waals surface area contributed by atoms with E-state index in [0.29, 0.717) is 13.0 Å². The lowest BCUT2D eigenvalue weighted by Gasteiger charge is -2.41. The van der Waals surface area contributed by atoms with Crippen molar-refractivity contribution in [3.63, 3.8) is 0 Å². The Balaban J connectivity index is 1.51. The maximum Gasteiger partial charge on any atom is 0.305 e. The Kier molecular flexibility index (Phi) is 9.24. The van der Waals surface area contributed by atoms with E-state index in [0.717, 1.165) is 29.2 Å². The predicted molar refractivity (Wildman–Crippen MR) is 139 cm³/mol. The average Bonchev–Trinajstić information content (AvgIpc) is 2.95. The van der Waals surface area contributed by atoms with E-state index >= 15 is 0 Å². The van der Waals surface area contributed by atoms with Gasteiger partial charge in [-0.3, -0.25) is 19.7 Å². The lowest BCUT2D eigenvalue weighted by atomic mass is 9.89. The number of hydrogen-bond acceptors (Lipinski definition) is 6. The zero-order valence-electron chi connectivity index (χ0n) is 22.0. The van der Waals surface area contributed by atoms with Gasteiger partial charge in [0.25, 0.3) is 0 Å². The highest BCUT2D eigenvalue weighted by Crippen LogP contribution is 2.37. The molecule has 1 unspecified atom stereocenters. The summed E-state index contributed by atoms with van der Waals surface area (Å²) >= 11 is 0. The third kappa shape index (κ3) is 6.66. The molecule has 0 radical (unpaired) electrons. The van der Waals surface area contributed by atoms with Gasteiger partial charge < -0.3 is 19.9 Å². The summed E-state index contributed by atoms with van der Waals surface area (Å²) in [5.74, 6) is -12.0. The molecule has 3 aromatic rings. The Hall–Kier alpha value is -4.03. The molecule has 1 aliphatic rings. The molecular weight excluding hydrogens is 548 g/mol. The zero-order chi connectivity index (χ0) is 29.7. The van der Waals surface area contributed by atoms with Crippen molar-refractivity contribution in [1.29, 1.82) is 0 Å². The second-order valence-electron chi connectivity index (χ2n) is 9.74. The second kappa shape index (κ2) is 12.6. The number of Topliss-reactive ketones (excluding diaryl/α,β-unsaturated/α-hetero) is 1. The molecule has 218 valence electrons. The number of ketones is 1. The van der Waals surface area contributed by atoms with Gasteiger partial charge in [-0.1, -0.05) is 42.5 Å². The Labute approximate surface area is 232 Å². The predicted octanol–water partition coefficient (Wildman–Crippen LogP) is 4.34. The first-order valence-corrected chi connectivity index (χ1v) is 12.9. The van der Waals surface area contributed by atoms with Crippen LogP contribution in [0.2, 0.25) is 0 Å². The number of rotatable bonds is 11. The van der Waals surface area contributed by atoms with Crippen LogP contribution < -0.4 is 15.4 Å². The number of benzene rings is 3. The molecule has 0 aliphatic carbocycles.